The van der Waals surface area contributed by atoms with Crippen LogP contribution in [0.2, 0.25) is 0 Å². The highest BCUT2D eigenvalue weighted by Gasteiger charge is 2.23. The van der Waals surface area contributed by atoms with Crippen LogP contribution in [0.15, 0.2) is 0 Å². The molecular formula is C12H25NO3. The molecule has 0 saturated heterocycles. The normalized spacial score (nSPS) is 14.4. The zero-order valence-corrected chi connectivity index (χ0v) is 11.5. The Bertz CT molecular complexity index is 225. The predicted molar refractivity (Wildman–Crippen MR) is 64.2 cm³/mol. The zero-order valence-electron chi connectivity index (χ0n) is 11.5. The molecule has 0 heterocycles. The Hall–Kier alpha value is -0.770. The van der Waals surface area contributed by atoms with Crippen LogP contribution in [0, 0.1) is 5.41 Å². The fourth-order valence-electron chi connectivity index (χ4n) is 1.13. The highest BCUT2D eigenvalue weighted by Crippen LogP contribution is 2.22. The van der Waals surface area contributed by atoms with Crippen LogP contribution in [-0.2, 0) is 9.47 Å². The second-order valence-electron chi connectivity index (χ2n) is 6.21. The maximum absolute atomic E-state index is 11.5. The van der Waals surface area contributed by atoms with Crippen LogP contribution in [0.1, 0.15) is 48.0 Å². The first kappa shape index (κ1) is 15.2. The van der Waals surface area contributed by atoms with Crippen molar-refractivity contribution in [3.8, 4) is 0 Å². The number of hydrogen-bond acceptors (Lipinski definition) is 3. The molecule has 0 saturated carbocycles. The van der Waals surface area contributed by atoms with Crippen LogP contribution in [0.25, 0.3) is 0 Å². The van der Waals surface area contributed by atoms with Gasteiger partial charge in [0.25, 0.3) is 0 Å². The molecule has 96 valence electrons. The van der Waals surface area contributed by atoms with Gasteiger partial charge in [0, 0.05) is 19.1 Å². The van der Waals surface area contributed by atoms with Gasteiger partial charge >= 0.3 is 6.09 Å². The van der Waals surface area contributed by atoms with Gasteiger partial charge in [0.05, 0.1) is 0 Å². The van der Waals surface area contributed by atoms with E-state index in [0.717, 1.165) is 0 Å². The summed E-state index contributed by atoms with van der Waals surface area (Å²) in [4.78, 5) is 11.5. The molecule has 4 heteroatoms. The first-order valence-corrected chi connectivity index (χ1v) is 5.55. The molecule has 0 aliphatic carbocycles. The molecule has 0 aromatic carbocycles. The summed E-state index contributed by atoms with van der Waals surface area (Å²) >= 11 is 0. The van der Waals surface area contributed by atoms with Gasteiger partial charge in [-0.05, 0) is 26.2 Å². The van der Waals surface area contributed by atoms with E-state index in [1.807, 2.05) is 20.8 Å². The van der Waals surface area contributed by atoms with Crippen molar-refractivity contribution in [3.05, 3.63) is 0 Å². The van der Waals surface area contributed by atoms with Crippen molar-refractivity contribution in [3.63, 3.8) is 0 Å². The van der Waals surface area contributed by atoms with Gasteiger partial charge < -0.3 is 14.8 Å². The molecule has 1 amide bonds. The standard InChI is InChI=1S/C12H25NO3/c1-11(2,3)8-9(15-7)16-10(14)13-12(4,5)6/h9H,8H2,1-7H3,(H,13,14)/t9-/m0/s1. The molecule has 0 bridgehead atoms. The van der Waals surface area contributed by atoms with Gasteiger partial charge in [-0.2, -0.15) is 0 Å². The van der Waals surface area contributed by atoms with E-state index in [-0.39, 0.29) is 11.0 Å². The fourth-order valence-corrected chi connectivity index (χ4v) is 1.13. The number of carbonyl (C=O) groups is 1. The van der Waals surface area contributed by atoms with E-state index in [0.29, 0.717) is 6.42 Å². The van der Waals surface area contributed by atoms with Crippen molar-refractivity contribution in [1.29, 1.82) is 0 Å². The number of hydrogen-bond donors (Lipinski definition) is 1. The summed E-state index contributed by atoms with van der Waals surface area (Å²) in [5.74, 6) is 0. The molecule has 0 aliphatic rings. The Labute approximate surface area is 98.7 Å². The SMILES string of the molecule is CO[C@H](CC(C)(C)C)OC(=O)NC(C)(C)C. The van der Waals surface area contributed by atoms with Gasteiger partial charge in [0.2, 0.25) is 6.29 Å². The van der Waals surface area contributed by atoms with Gasteiger partial charge in [-0.3, -0.25) is 0 Å². The summed E-state index contributed by atoms with van der Waals surface area (Å²) in [7, 11) is 1.54. The van der Waals surface area contributed by atoms with Gasteiger partial charge in [0.1, 0.15) is 0 Å². The maximum Gasteiger partial charge on any atom is 0.409 e. The molecule has 0 fully saturated rings. The van der Waals surface area contributed by atoms with Crippen LogP contribution in [0.3, 0.4) is 0 Å². The molecule has 0 radical (unpaired) electrons. The number of nitrogens with one attached hydrogen (secondary N) is 1. The number of ether oxygens (including phenoxy) is 2. The Morgan fingerprint density at radius 2 is 1.69 bits per heavy atom. The lowest BCUT2D eigenvalue weighted by Crippen LogP contribution is -2.43. The van der Waals surface area contributed by atoms with Crippen molar-refractivity contribution >= 4 is 6.09 Å². The fraction of sp³-hybridized carbons (Fsp3) is 0.917. The van der Waals surface area contributed by atoms with Crippen LogP contribution < -0.4 is 5.32 Å². The van der Waals surface area contributed by atoms with Crippen molar-refractivity contribution < 1.29 is 14.3 Å². The van der Waals surface area contributed by atoms with Crippen LogP contribution in [-0.4, -0.2) is 25.0 Å². The van der Waals surface area contributed by atoms with Crippen LogP contribution >= 0.6 is 0 Å². The molecule has 0 aromatic heterocycles. The van der Waals surface area contributed by atoms with Gasteiger partial charge in [-0.25, -0.2) is 4.79 Å². The van der Waals surface area contributed by atoms with Crippen molar-refractivity contribution in [1.82, 2.24) is 5.32 Å². The predicted octanol–water partition coefficient (Wildman–Crippen LogP) is 2.92. The second kappa shape index (κ2) is 5.53. The molecular weight excluding hydrogens is 206 g/mol. The third-order valence-corrected chi connectivity index (χ3v) is 1.76. The minimum Gasteiger partial charge on any atom is -0.420 e. The minimum atomic E-state index is -0.498. The van der Waals surface area contributed by atoms with Gasteiger partial charge in [0.15, 0.2) is 0 Å². The third-order valence-electron chi connectivity index (χ3n) is 1.76. The van der Waals surface area contributed by atoms with E-state index in [2.05, 4.69) is 26.1 Å². The molecule has 16 heavy (non-hydrogen) atoms. The van der Waals surface area contributed by atoms with E-state index in [1.165, 1.54) is 0 Å². The Kier molecular flexibility index (Phi) is 5.26. The summed E-state index contributed by atoms with van der Waals surface area (Å²) in [5, 5.41) is 2.73. The van der Waals surface area contributed by atoms with Crippen molar-refractivity contribution in [2.24, 2.45) is 5.41 Å². The second-order valence-corrected chi connectivity index (χ2v) is 6.21. The first-order valence-electron chi connectivity index (χ1n) is 5.55. The quantitative estimate of drug-likeness (QED) is 0.760. The average Bonchev–Trinajstić information content (AvgIpc) is 1.96. The van der Waals surface area contributed by atoms with E-state index >= 15 is 0 Å². The Morgan fingerprint density at radius 3 is 2.00 bits per heavy atom. The van der Waals surface area contributed by atoms with Gasteiger partial charge in [-0.15, -0.1) is 0 Å². The highest BCUT2D eigenvalue weighted by molar-refractivity contribution is 5.68. The van der Waals surface area contributed by atoms with E-state index in [4.69, 9.17) is 9.47 Å². The number of methoxy groups -OCH3 is 1. The summed E-state index contributed by atoms with van der Waals surface area (Å²) < 4.78 is 10.3. The molecule has 0 spiro atoms. The molecule has 0 unspecified atom stereocenters. The van der Waals surface area contributed by atoms with Crippen molar-refractivity contribution in [2.45, 2.75) is 59.8 Å². The summed E-state index contributed by atoms with van der Waals surface area (Å²) in [6, 6.07) is 0. The smallest absolute Gasteiger partial charge is 0.409 e. The number of amides is 1. The number of alkyl carbamates (subject to hydrolysis) is 1. The lowest BCUT2D eigenvalue weighted by molar-refractivity contribution is -0.101. The number of rotatable bonds is 3. The van der Waals surface area contributed by atoms with E-state index in [9.17, 15) is 4.79 Å². The van der Waals surface area contributed by atoms with Crippen LogP contribution in [0.4, 0.5) is 4.79 Å². The zero-order chi connectivity index (χ0) is 13.0. The summed E-state index contributed by atoms with van der Waals surface area (Å²) in [6.45, 7) is 11.9. The van der Waals surface area contributed by atoms with Gasteiger partial charge in [-0.1, -0.05) is 20.8 Å². The van der Waals surface area contributed by atoms with Crippen LogP contribution in [0.5, 0.6) is 0 Å². The minimum absolute atomic E-state index is 0.0582. The lowest BCUT2D eigenvalue weighted by atomic mass is 9.92. The number of carbonyl (C=O) groups excluding carboxylic acids is 1. The summed E-state index contributed by atoms with van der Waals surface area (Å²) in [6.07, 6.45) is -0.271. The first-order chi connectivity index (χ1) is 7.03. The molecule has 0 aliphatic heterocycles. The summed E-state index contributed by atoms with van der Waals surface area (Å²) in [5.41, 5.74) is -0.236. The Morgan fingerprint density at radius 1 is 1.19 bits per heavy atom. The van der Waals surface area contributed by atoms with Crippen molar-refractivity contribution in [2.75, 3.05) is 7.11 Å². The highest BCUT2D eigenvalue weighted by atomic mass is 16.7. The molecule has 1 N–H and O–H groups in total. The topological polar surface area (TPSA) is 47.6 Å². The van der Waals surface area contributed by atoms with E-state index < -0.39 is 12.4 Å². The molecule has 4 nitrogen and oxygen atoms in total. The largest absolute Gasteiger partial charge is 0.420 e. The monoisotopic (exact) mass is 231 g/mol. The average molecular weight is 231 g/mol. The molecule has 0 aromatic rings. The third kappa shape index (κ3) is 8.53. The lowest BCUT2D eigenvalue weighted by Gasteiger charge is -2.26. The Balaban J connectivity index is 4.18. The van der Waals surface area contributed by atoms with E-state index in [1.54, 1.807) is 7.11 Å². The molecule has 1 atom stereocenters. The molecule has 0 rings (SSSR count). The maximum atomic E-state index is 11.5.